The lowest BCUT2D eigenvalue weighted by Crippen LogP contribution is -2.42. The van der Waals surface area contributed by atoms with Crippen molar-refractivity contribution in [3.63, 3.8) is 0 Å². The van der Waals surface area contributed by atoms with Crippen molar-refractivity contribution in [1.82, 2.24) is 14.1 Å². The Bertz CT molecular complexity index is 671. The Morgan fingerprint density at radius 3 is 2.54 bits per heavy atom. The average molecular weight is 354 g/mol. The summed E-state index contributed by atoms with van der Waals surface area (Å²) in [6.45, 7) is 2.50. The van der Waals surface area contributed by atoms with Crippen LogP contribution in [-0.2, 0) is 14.8 Å². The first-order valence-electron chi connectivity index (χ1n) is 8.83. The maximum atomic E-state index is 12.5. The van der Waals surface area contributed by atoms with Gasteiger partial charge in [0.25, 0.3) is 0 Å². The predicted molar refractivity (Wildman–Crippen MR) is 92.1 cm³/mol. The maximum Gasteiger partial charge on any atom is 0.228 e. The molecule has 0 unspecified atom stereocenters. The molecule has 1 aromatic heterocycles. The van der Waals surface area contributed by atoms with Crippen LogP contribution in [0.25, 0.3) is 0 Å². The van der Waals surface area contributed by atoms with Crippen molar-refractivity contribution in [1.29, 1.82) is 0 Å². The summed E-state index contributed by atoms with van der Waals surface area (Å²) in [5.74, 6) is 0.712. The molecule has 1 amide bonds. The van der Waals surface area contributed by atoms with Crippen LogP contribution in [0.4, 0.5) is 5.82 Å². The molecule has 7 nitrogen and oxygen atoms in total. The third kappa shape index (κ3) is 3.64. The van der Waals surface area contributed by atoms with E-state index in [0.29, 0.717) is 32.0 Å². The molecule has 1 aliphatic carbocycles. The van der Waals surface area contributed by atoms with Gasteiger partial charge in [-0.1, -0.05) is 12.8 Å². The zero-order valence-corrected chi connectivity index (χ0v) is 15.0. The fraction of sp³-hybridized carbons (Fsp3) is 0.750. The molecule has 134 valence electrons. The quantitative estimate of drug-likeness (QED) is 0.876. The first kappa shape index (κ1) is 17.4. The Hall–Kier alpha value is -1.41. The Kier molecular flexibility index (Phi) is 5.24. The highest BCUT2D eigenvalue weighted by Crippen LogP contribution is 2.31. The minimum absolute atomic E-state index is 0.0247. The minimum atomic E-state index is -3.15. The van der Waals surface area contributed by atoms with Gasteiger partial charge in [0.05, 0.1) is 18.0 Å². The molecule has 2 aliphatic rings. The summed E-state index contributed by atoms with van der Waals surface area (Å²) in [7, 11) is -3.15. The second-order valence-electron chi connectivity index (χ2n) is 6.66. The molecule has 0 atom stereocenters. The second kappa shape index (κ2) is 7.23. The minimum Gasteiger partial charge on any atom is -0.311 e. The predicted octanol–water partition coefficient (Wildman–Crippen LogP) is 2.00. The van der Waals surface area contributed by atoms with Gasteiger partial charge in [0.2, 0.25) is 15.9 Å². The van der Waals surface area contributed by atoms with Crippen LogP contribution >= 0.6 is 0 Å². The van der Waals surface area contributed by atoms with Gasteiger partial charge in [-0.3, -0.25) is 4.79 Å². The summed E-state index contributed by atoms with van der Waals surface area (Å²) >= 11 is 0. The summed E-state index contributed by atoms with van der Waals surface area (Å²) in [6.07, 6.45) is 7.51. The monoisotopic (exact) mass is 354 g/mol. The number of hydrogen-bond donors (Lipinski definition) is 1. The lowest BCUT2D eigenvalue weighted by molar-refractivity contribution is -0.121. The van der Waals surface area contributed by atoms with E-state index in [0.717, 1.165) is 18.7 Å². The van der Waals surface area contributed by atoms with E-state index in [9.17, 15) is 13.2 Å². The number of carbonyl (C=O) groups excluding carboxylic acids is 1. The van der Waals surface area contributed by atoms with Crippen LogP contribution in [0.5, 0.6) is 0 Å². The van der Waals surface area contributed by atoms with Crippen LogP contribution in [0.3, 0.4) is 0 Å². The molecule has 2 heterocycles. The van der Waals surface area contributed by atoms with Crippen molar-refractivity contribution in [2.75, 3.05) is 24.2 Å². The summed E-state index contributed by atoms with van der Waals surface area (Å²) in [4.78, 5) is 12.5. The van der Waals surface area contributed by atoms with Crippen molar-refractivity contribution in [2.24, 2.45) is 5.92 Å². The summed E-state index contributed by atoms with van der Waals surface area (Å²) < 4.78 is 27.2. The van der Waals surface area contributed by atoms with Gasteiger partial charge in [0, 0.05) is 25.1 Å². The van der Waals surface area contributed by atoms with E-state index >= 15 is 0 Å². The standard InChI is InChI=1S/C16H26N4O3S/c1-2-24(22,23)19-11-8-13(9-12-19)16(21)18-15-7-10-17-20(15)14-5-3-4-6-14/h7,10,13-14H,2-6,8-9,11-12H2,1H3,(H,18,21). The van der Waals surface area contributed by atoms with Gasteiger partial charge in [0.15, 0.2) is 0 Å². The van der Waals surface area contributed by atoms with Gasteiger partial charge < -0.3 is 5.32 Å². The molecule has 0 spiro atoms. The maximum absolute atomic E-state index is 12.5. The third-order valence-corrected chi connectivity index (χ3v) is 7.06. The molecule has 1 saturated heterocycles. The highest BCUT2D eigenvalue weighted by atomic mass is 32.2. The van der Waals surface area contributed by atoms with E-state index in [1.54, 1.807) is 13.1 Å². The molecular formula is C16H26N4O3S. The number of amides is 1. The molecule has 0 bridgehead atoms. The van der Waals surface area contributed by atoms with E-state index < -0.39 is 10.0 Å². The van der Waals surface area contributed by atoms with Crippen LogP contribution in [-0.4, -0.2) is 47.3 Å². The van der Waals surface area contributed by atoms with Crippen molar-refractivity contribution in [2.45, 2.75) is 51.5 Å². The van der Waals surface area contributed by atoms with Crippen LogP contribution in [0, 0.1) is 5.92 Å². The molecule has 8 heteroatoms. The average Bonchev–Trinajstić information content (AvgIpc) is 3.26. The molecule has 1 N–H and O–H groups in total. The lowest BCUT2D eigenvalue weighted by atomic mass is 9.97. The first-order valence-corrected chi connectivity index (χ1v) is 10.4. The van der Waals surface area contributed by atoms with Gasteiger partial charge in [-0.25, -0.2) is 17.4 Å². The van der Waals surface area contributed by atoms with E-state index in [1.807, 2.05) is 10.7 Å². The molecule has 2 fully saturated rings. The molecule has 1 aromatic rings. The van der Waals surface area contributed by atoms with Crippen LogP contribution in [0.1, 0.15) is 51.5 Å². The number of sulfonamides is 1. The topological polar surface area (TPSA) is 84.3 Å². The number of hydrogen-bond acceptors (Lipinski definition) is 4. The van der Waals surface area contributed by atoms with Gasteiger partial charge >= 0.3 is 0 Å². The highest BCUT2D eigenvalue weighted by Gasteiger charge is 2.31. The van der Waals surface area contributed by atoms with E-state index in [2.05, 4.69) is 10.4 Å². The smallest absolute Gasteiger partial charge is 0.228 e. The Morgan fingerprint density at radius 1 is 1.25 bits per heavy atom. The molecule has 24 heavy (non-hydrogen) atoms. The number of anilines is 1. The fourth-order valence-corrected chi connectivity index (χ4v) is 4.79. The number of rotatable bonds is 5. The van der Waals surface area contributed by atoms with Crippen LogP contribution in [0.2, 0.25) is 0 Å². The SMILES string of the molecule is CCS(=O)(=O)N1CCC(C(=O)Nc2ccnn2C2CCCC2)CC1. The first-order chi connectivity index (χ1) is 11.5. The molecule has 1 aliphatic heterocycles. The van der Waals surface area contributed by atoms with Crippen molar-refractivity contribution < 1.29 is 13.2 Å². The molecule has 3 rings (SSSR count). The van der Waals surface area contributed by atoms with Gasteiger partial charge in [-0.05, 0) is 32.6 Å². The number of nitrogens with zero attached hydrogens (tertiary/aromatic N) is 3. The largest absolute Gasteiger partial charge is 0.311 e. The zero-order valence-electron chi connectivity index (χ0n) is 14.1. The third-order valence-electron chi connectivity index (χ3n) is 5.18. The molecule has 0 aromatic carbocycles. The normalized spacial score (nSPS) is 21.2. The van der Waals surface area contributed by atoms with E-state index in [1.165, 1.54) is 17.1 Å². The zero-order chi connectivity index (χ0) is 17.2. The van der Waals surface area contributed by atoms with Crippen LogP contribution < -0.4 is 5.32 Å². The lowest BCUT2D eigenvalue weighted by Gasteiger charge is -2.30. The Balaban J connectivity index is 1.58. The van der Waals surface area contributed by atoms with Gasteiger partial charge in [0.1, 0.15) is 5.82 Å². The summed E-state index contributed by atoms with van der Waals surface area (Å²) in [6, 6.07) is 2.22. The molecule has 0 radical (unpaired) electrons. The number of piperidine rings is 1. The number of carbonyl (C=O) groups is 1. The van der Waals surface area contributed by atoms with E-state index in [4.69, 9.17) is 0 Å². The Labute approximate surface area is 143 Å². The number of nitrogens with one attached hydrogen (secondary N) is 1. The fourth-order valence-electron chi connectivity index (χ4n) is 3.66. The van der Waals surface area contributed by atoms with Gasteiger partial charge in [-0.2, -0.15) is 5.10 Å². The second-order valence-corrected chi connectivity index (χ2v) is 8.92. The summed E-state index contributed by atoms with van der Waals surface area (Å²) in [5, 5.41) is 7.36. The van der Waals surface area contributed by atoms with E-state index in [-0.39, 0.29) is 17.6 Å². The number of aromatic nitrogens is 2. The highest BCUT2D eigenvalue weighted by molar-refractivity contribution is 7.89. The van der Waals surface area contributed by atoms with Crippen molar-refractivity contribution in [3.8, 4) is 0 Å². The molecule has 1 saturated carbocycles. The summed E-state index contributed by atoms with van der Waals surface area (Å²) in [5.41, 5.74) is 0. The van der Waals surface area contributed by atoms with Crippen molar-refractivity contribution >= 4 is 21.7 Å². The van der Waals surface area contributed by atoms with Crippen LogP contribution in [0.15, 0.2) is 12.3 Å². The molecular weight excluding hydrogens is 328 g/mol. The Morgan fingerprint density at radius 2 is 1.92 bits per heavy atom. The van der Waals surface area contributed by atoms with Gasteiger partial charge in [-0.15, -0.1) is 0 Å². The van der Waals surface area contributed by atoms with Crippen molar-refractivity contribution in [3.05, 3.63) is 12.3 Å².